The summed E-state index contributed by atoms with van der Waals surface area (Å²) in [6, 6.07) is 0. The number of esters is 1. The summed E-state index contributed by atoms with van der Waals surface area (Å²) >= 11 is 0. The Balaban J connectivity index is 1.24. The minimum absolute atomic E-state index is 0.0267. The van der Waals surface area contributed by atoms with Crippen molar-refractivity contribution in [1.82, 2.24) is 0 Å². The summed E-state index contributed by atoms with van der Waals surface area (Å²) in [4.78, 5) is 11.9. The van der Waals surface area contributed by atoms with E-state index in [2.05, 4.69) is 33.8 Å². The molecule has 0 heterocycles. The first-order valence-electron chi connectivity index (χ1n) is 17.2. The van der Waals surface area contributed by atoms with Crippen LogP contribution in [0.1, 0.15) is 138 Å². The molecule has 0 amide bonds. The zero-order valence-electron chi connectivity index (χ0n) is 27.6. The van der Waals surface area contributed by atoms with Crippen molar-refractivity contribution < 1.29 is 19.4 Å². The Morgan fingerprint density at radius 3 is 2.59 bits per heavy atom. The van der Waals surface area contributed by atoms with Gasteiger partial charge >= 0.3 is 5.97 Å². The van der Waals surface area contributed by atoms with Crippen LogP contribution < -0.4 is 0 Å². The highest BCUT2D eigenvalue weighted by Gasteiger charge is 2.58. The number of aliphatic hydroxyl groups is 1. The molecule has 4 aliphatic rings. The first-order valence-corrected chi connectivity index (χ1v) is 17.2. The molecule has 0 bridgehead atoms. The summed E-state index contributed by atoms with van der Waals surface area (Å²) < 4.78 is 11.6. The van der Waals surface area contributed by atoms with Gasteiger partial charge in [-0.15, -0.1) is 0 Å². The average Bonchev–Trinajstić information content (AvgIpc) is 3.21. The maximum atomic E-state index is 11.9. The number of rotatable bonds is 12. The molecule has 0 aromatic carbocycles. The summed E-state index contributed by atoms with van der Waals surface area (Å²) in [6.45, 7) is 16.1. The summed E-state index contributed by atoms with van der Waals surface area (Å²) in [5.41, 5.74) is 2.10. The number of hydrogen-bond acceptors (Lipinski definition) is 4. The fourth-order valence-electron chi connectivity index (χ4n) is 9.47. The normalized spacial score (nSPS) is 36.0. The van der Waals surface area contributed by atoms with Gasteiger partial charge in [0, 0.05) is 0 Å². The highest BCUT2D eigenvalue weighted by atomic mass is 16.6. The van der Waals surface area contributed by atoms with Crippen LogP contribution >= 0.6 is 0 Å². The lowest BCUT2D eigenvalue weighted by atomic mass is 9.47. The van der Waals surface area contributed by atoms with Crippen LogP contribution in [-0.4, -0.2) is 35.5 Å². The SMILES string of the molecule is CC(C)CCCCC1CCC2C3CC=C4CC(OC/C=C/CC(O)CC(=O)OC(C)(C)C)CCC4(C)C3CCC12C. The van der Waals surface area contributed by atoms with Crippen LogP contribution in [0.2, 0.25) is 0 Å². The summed E-state index contributed by atoms with van der Waals surface area (Å²) in [5.74, 6) is 4.11. The highest BCUT2D eigenvalue weighted by Crippen LogP contribution is 2.66. The number of unbranched alkanes of at least 4 members (excludes halogenated alkanes) is 1. The maximum Gasteiger partial charge on any atom is 0.308 e. The van der Waals surface area contributed by atoms with E-state index in [9.17, 15) is 9.90 Å². The third kappa shape index (κ3) is 8.08. The van der Waals surface area contributed by atoms with E-state index >= 15 is 0 Å². The van der Waals surface area contributed by atoms with Gasteiger partial charge in [0.05, 0.1) is 25.2 Å². The Labute approximate surface area is 252 Å². The molecule has 8 atom stereocenters. The molecule has 1 N–H and O–H groups in total. The third-order valence-electron chi connectivity index (χ3n) is 11.7. The van der Waals surface area contributed by atoms with Crippen LogP contribution in [0.25, 0.3) is 0 Å². The molecule has 3 fully saturated rings. The number of allylic oxidation sites excluding steroid dienone is 1. The van der Waals surface area contributed by atoms with Crippen LogP contribution in [0.4, 0.5) is 0 Å². The Morgan fingerprint density at radius 2 is 1.85 bits per heavy atom. The second kappa shape index (κ2) is 13.7. The summed E-state index contributed by atoms with van der Waals surface area (Å²) in [6.07, 6.45) is 22.9. The van der Waals surface area contributed by atoms with E-state index in [1.165, 1.54) is 64.2 Å². The zero-order chi connectivity index (χ0) is 29.8. The number of carbonyl (C=O) groups is 1. The van der Waals surface area contributed by atoms with E-state index in [1.54, 1.807) is 5.57 Å². The molecule has 8 unspecified atom stereocenters. The van der Waals surface area contributed by atoms with Crippen molar-refractivity contribution in [2.45, 2.75) is 156 Å². The Morgan fingerprint density at radius 1 is 1.07 bits per heavy atom. The molecule has 0 spiro atoms. The Hall–Kier alpha value is -1.13. The number of ether oxygens (including phenoxy) is 2. The van der Waals surface area contributed by atoms with Gasteiger partial charge in [-0.3, -0.25) is 4.79 Å². The molecule has 4 rings (SSSR count). The molecule has 0 saturated heterocycles. The number of fused-ring (bicyclic) bond motifs is 5. The van der Waals surface area contributed by atoms with Gasteiger partial charge < -0.3 is 14.6 Å². The first kappa shape index (κ1) is 32.8. The second-order valence-electron chi connectivity index (χ2n) is 16.1. The van der Waals surface area contributed by atoms with E-state index in [1.807, 2.05) is 32.9 Å². The number of carbonyl (C=O) groups excluding carboxylic acids is 1. The smallest absolute Gasteiger partial charge is 0.308 e. The fraction of sp³-hybridized carbons (Fsp3) is 0.865. The molecule has 4 heteroatoms. The maximum absolute atomic E-state index is 11.9. The molecule has 0 radical (unpaired) electrons. The van der Waals surface area contributed by atoms with Gasteiger partial charge in [-0.2, -0.15) is 0 Å². The van der Waals surface area contributed by atoms with E-state index in [0.29, 0.717) is 23.9 Å². The van der Waals surface area contributed by atoms with Crippen molar-refractivity contribution >= 4 is 5.97 Å². The highest BCUT2D eigenvalue weighted by molar-refractivity contribution is 5.70. The predicted molar refractivity (Wildman–Crippen MR) is 168 cm³/mol. The minimum Gasteiger partial charge on any atom is -0.460 e. The lowest BCUT2D eigenvalue weighted by Crippen LogP contribution is -2.50. The fourth-order valence-corrected chi connectivity index (χ4v) is 9.47. The molecular weight excluding hydrogens is 508 g/mol. The largest absolute Gasteiger partial charge is 0.460 e. The molecule has 0 aliphatic heterocycles. The van der Waals surface area contributed by atoms with Crippen molar-refractivity contribution in [3.63, 3.8) is 0 Å². The van der Waals surface area contributed by atoms with E-state index < -0.39 is 11.7 Å². The monoisotopic (exact) mass is 570 g/mol. The third-order valence-corrected chi connectivity index (χ3v) is 11.7. The van der Waals surface area contributed by atoms with Gasteiger partial charge in [-0.05, 0) is 125 Å². The van der Waals surface area contributed by atoms with Crippen LogP contribution in [0.5, 0.6) is 0 Å². The molecule has 4 nitrogen and oxygen atoms in total. The van der Waals surface area contributed by atoms with Crippen LogP contribution in [-0.2, 0) is 14.3 Å². The van der Waals surface area contributed by atoms with E-state index in [0.717, 1.165) is 42.4 Å². The van der Waals surface area contributed by atoms with Crippen LogP contribution in [0.15, 0.2) is 23.8 Å². The summed E-state index contributed by atoms with van der Waals surface area (Å²) in [5, 5.41) is 10.2. The Bertz CT molecular complexity index is 928. The number of hydrogen-bond donors (Lipinski definition) is 1. The molecule has 4 aliphatic carbocycles. The van der Waals surface area contributed by atoms with Crippen molar-refractivity contribution in [2.75, 3.05) is 6.61 Å². The van der Waals surface area contributed by atoms with Crippen molar-refractivity contribution in [1.29, 1.82) is 0 Å². The van der Waals surface area contributed by atoms with Crippen molar-refractivity contribution in [3.8, 4) is 0 Å². The van der Waals surface area contributed by atoms with Gasteiger partial charge in [0.2, 0.25) is 0 Å². The second-order valence-corrected chi connectivity index (χ2v) is 16.1. The van der Waals surface area contributed by atoms with Gasteiger partial charge in [0.1, 0.15) is 5.60 Å². The van der Waals surface area contributed by atoms with Gasteiger partial charge in [0.15, 0.2) is 0 Å². The molecule has 0 aromatic heterocycles. The molecule has 41 heavy (non-hydrogen) atoms. The lowest BCUT2D eigenvalue weighted by molar-refractivity contribution is -0.156. The molecular formula is C37H62O4. The number of aliphatic hydroxyl groups excluding tert-OH is 1. The van der Waals surface area contributed by atoms with Gasteiger partial charge in [-0.1, -0.05) is 70.8 Å². The standard InChI is InChI=1S/C37H62O4/c1-26(2)12-8-9-13-27-16-18-32-31-17-15-28-24-30(19-21-37(28,7)33(31)20-22-36(27,32)6)40-23-11-10-14-29(38)25-34(39)41-35(3,4)5/h10-11,15,26-27,29-33,38H,8-9,12-14,16-25H2,1-7H3/b11-10+. The van der Waals surface area contributed by atoms with Crippen LogP contribution in [0.3, 0.4) is 0 Å². The zero-order valence-corrected chi connectivity index (χ0v) is 27.6. The van der Waals surface area contributed by atoms with Crippen molar-refractivity contribution in [3.05, 3.63) is 23.8 Å². The van der Waals surface area contributed by atoms with Gasteiger partial charge in [-0.25, -0.2) is 0 Å². The topological polar surface area (TPSA) is 55.8 Å². The first-order chi connectivity index (χ1) is 19.3. The predicted octanol–water partition coefficient (Wildman–Crippen LogP) is 9.21. The van der Waals surface area contributed by atoms with E-state index in [4.69, 9.17) is 9.47 Å². The minimum atomic E-state index is -0.714. The van der Waals surface area contributed by atoms with E-state index in [-0.39, 0.29) is 18.5 Å². The average molecular weight is 571 g/mol. The quantitative estimate of drug-likeness (QED) is 0.144. The lowest BCUT2D eigenvalue weighted by Gasteiger charge is -2.58. The summed E-state index contributed by atoms with van der Waals surface area (Å²) in [7, 11) is 0. The molecule has 3 saturated carbocycles. The van der Waals surface area contributed by atoms with Gasteiger partial charge in [0.25, 0.3) is 0 Å². The molecule has 0 aromatic rings. The Kier molecular flexibility index (Phi) is 10.9. The molecule has 234 valence electrons. The van der Waals surface area contributed by atoms with Crippen molar-refractivity contribution in [2.24, 2.45) is 40.4 Å². The van der Waals surface area contributed by atoms with Crippen LogP contribution in [0, 0.1) is 40.4 Å².